The summed E-state index contributed by atoms with van der Waals surface area (Å²) in [5, 5.41) is 10.5. The molecule has 0 spiro atoms. The Morgan fingerprint density at radius 1 is 1.56 bits per heavy atom. The molecule has 0 aromatic carbocycles. The summed E-state index contributed by atoms with van der Waals surface area (Å²) >= 11 is 1.74. The number of rotatable bonds is 6. The average molecular weight is 267 g/mol. The molecule has 1 aliphatic rings. The molecule has 0 aliphatic carbocycles. The van der Waals surface area contributed by atoms with Gasteiger partial charge in [-0.05, 0) is 32.2 Å². The largest absolute Gasteiger partial charge is 0.315 e. The van der Waals surface area contributed by atoms with Gasteiger partial charge >= 0.3 is 0 Å². The van der Waals surface area contributed by atoms with E-state index in [-0.39, 0.29) is 0 Å². The highest BCUT2D eigenvalue weighted by atomic mass is 32.1. The van der Waals surface area contributed by atoms with Gasteiger partial charge in [-0.25, -0.2) is 4.98 Å². The Morgan fingerprint density at radius 2 is 2.44 bits per heavy atom. The standard InChI is InChI=1S/C14H25N3S/c1-3-12-4-7-16-14(8-12)9-15-6-5-13-10-18-11(2)17-13/h10,12,14-16H,3-9H2,1-2H3. The summed E-state index contributed by atoms with van der Waals surface area (Å²) in [7, 11) is 0. The molecule has 1 aromatic heterocycles. The summed E-state index contributed by atoms with van der Waals surface area (Å²) in [6.45, 7) is 7.71. The van der Waals surface area contributed by atoms with Crippen LogP contribution in [0.25, 0.3) is 0 Å². The molecule has 1 saturated heterocycles. The van der Waals surface area contributed by atoms with Crippen molar-refractivity contribution < 1.29 is 0 Å². The van der Waals surface area contributed by atoms with Crippen LogP contribution in [-0.2, 0) is 6.42 Å². The van der Waals surface area contributed by atoms with E-state index >= 15 is 0 Å². The Kier molecular flexibility index (Phi) is 5.60. The van der Waals surface area contributed by atoms with Crippen molar-refractivity contribution >= 4 is 11.3 Å². The molecule has 102 valence electrons. The maximum atomic E-state index is 4.48. The Morgan fingerprint density at radius 3 is 3.17 bits per heavy atom. The molecule has 2 N–H and O–H groups in total. The van der Waals surface area contributed by atoms with Crippen LogP contribution in [0, 0.1) is 12.8 Å². The Labute approximate surface area is 114 Å². The van der Waals surface area contributed by atoms with E-state index in [1.165, 1.54) is 36.5 Å². The second-order valence-electron chi connectivity index (χ2n) is 5.26. The van der Waals surface area contributed by atoms with Gasteiger partial charge in [-0.2, -0.15) is 0 Å². The van der Waals surface area contributed by atoms with Crippen LogP contribution in [0.4, 0.5) is 0 Å². The van der Waals surface area contributed by atoms with Gasteiger partial charge < -0.3 is 10.6 Å². The summed E-state index contributed by atoms with van der Waals surface area (Å²) < 4.78 is 0. The fourth-order valence-electron chi connectivity index (χ4n) is 2.64. The van der Waals surface area contributed by atoms with Crippen LogP contribution in [0.2, 0.25) is 0 Å². The van der Waals surface area contributed by atoms with Crippen LogP contribution in [0.5, 0.6) is 0 Å². The van der Waals surface area contributed by atoms with Crippen molar-refractivity contribution in [2.24, 2.45) is 5.92 Å². The number of hydrogen-bond acceptors (Lipinski definition) is 4. The predicted molar refractivity (Wildman–Crippen MR) is 78.2 cm³/mol. The van der Waals surface area contributed by atoms with Crippen LogP contribution < -0.4 is 10.6 Å². The Hall–Kier alpha value is -0.450. The minimum atomic E-state index is 0.667. The van der Waals surface area contributed by atoms with Crippen LogP contribution >= 0.6 is 11.3 Å². The van der Waals surface area contributed by atoms with Crippen LogP contribution in [0.3, 0.4) is 0 Å². The predicted octanol–water partition coefficient (Wildman–Crippen LogP) is 2.36. The molecule has 3 nitrogen and oxygen atoms in total. The van der Waals surface area contributed by atoms with Crippen molar-refractivity contribution in [2.45, 2.75) is 45.6 Å². The van der Waals surface area contributed by atoms with Crippen LogP contribution in [0.15, 0.2) is 5.38 Å². The molecule has 1 aromatic rings. The molecule has 0 radical (unpaired) electrons. The molecule has 0 amide bonds. The van der Waals surface area contributed by atoms with Gasteiger partial charge in [-0.1, -0.05) is 13.3 Å². The monoisotopic (exact) mass is 267 g/mol. The number of aromatic nitrogens is 1. The minimum Gasteiger partial charge on any atom is -0.315 e. The number of aryl methyl sites for hydroxylation is 1. The Balaban J connectivity index is 1.60. The molecule has 2 rings (SSSR count). The highest BCUT2D eigenvalue weighted by Crippen LogP contribution is 2.18. The van der Waals surface area contributed by atoms with Crippen molar-refractivity contribution in [3.8, 4) is 0 Å². The molecule has 18 heavy (non-hydrogen) atoms. The fourth-order valence-corrected chi connectivity index (χ4v) is 3.28. The zero-order valence-corrected chi connectivity index (χ0v) is 12.4. The number of nitrogens with one attached hydrogen (secondary N) is 2. The van der Waals surface area contributed by atoms with Gasteiger partial charge in [0.05, 0.1) is 10.7 Å². The van der Waals surface area contributed by atoms with E-state index in [2.05, 4.69) is 34.8 Å². The number of hydrogen-bond donors (Lipinski definition) is 2. The first-order chi connectivity index (χ1) is 8.78. The van der Waals surface area contributed by atoms with Gasteiger partial charge in [0.1, 0.15) is 0 Å². The van der Waals surface area contributed by atoms with Crippen LogP contribution in [0.1, 0.15) is 36.9 Å². The van der Waals surface area contributed by atoms with Crippen LogP contribution in [-0.4, -0.2) is 30.7 Å². The lowest BCUT2D eigenvalue weighted by Crippen LogP contribution is -2.44. The highest BCUT2D eigenvalue weighted by molar-refractivity contribution is 7.09. The number of piperidine rings is 1. The second-order valence-corrected chi connectivity index (χ2v) is 6.32. The number of nitrogens with zero attached hydrogens (tertiary/aromatic N) is 1. The maximum absolute atomic E-state index is 4.48. The lowest BCUT2D eigenvalue weighted by Gasteiger charge is -2.29. The van der Waals surface area contributed by atoms with Crippen molar-refractivity contribution in [1.82, 2.24) is 15.6 Å². The van der Waals surface area contributed by atoms with Gasteiger partial charge in [-0.3, -0.25) is 0 Å². The zero-order chi connectivity index (χ0) is 12.8. The van der Waals surface area contributed by atoms with E-state index in [9.17, 15) is 0 Å². The first-order valence-electron chi connectivity index (χ1n) is 7.13. The van der Waals surface area contributed by atoms with E-state index in [0.29, 0.717) is 6.04 Å². The van der Waals surface area contributed by atoms with E-state index < -0.39 is 0 Å². The second kappa shape index (κ2) is 7.22. The molecule has 2 unspecified atom stereocenters. The molecule has 0 bridgehead atoms. The minimum absolute atomic E-state index is 0.667. The molecule has 2 heterocycles. The van der Waals surface area contributed by atoms with Gasteiger partial charge in [0.2, 0.25) is 0 Å². The van der Waals surface area contributed by atoms with Crippen molar-refractivity contribution in [2.75, 3.05) is 19.6 Å². The molecule has 1 aliphatic heterocycles. The smallest absolute Gasteiger partial charge is 0.0897 e. The summed E-state index contributed by atoms with van der Waals surface area (Å²) in [6.07, 6.45) is 5.06. The van der Waals surface area contributed by atoms with Gasteiger partial charge in [-0.15, -0.1) is 11.3 Å². The molecular weight excluding hydrogens is 242 g/mol. The maximum Gasteiger partial charge on any atom is 0.0897 e. The van der Waals surface area contributed by atoms with Gasteiger partial charge in [0.15, 0.2) is 0 Å². The molecule has 0 saturated carbocycles. The van der Waals surface area contributed by atoms with Crippen molar-refractivity contribution in [1.29, 1.82) is 0 Å². The van der Waals surface area contributed by atoms with Gasteiger partial charge in [0.25, 0.3) is 0 Å². The SMILES string of the molecule is CCC1CCNC(CNCCc2csc(C)n2)C1. The third kappa shape index (κ3) is 4.34. The molecule has 1 fully saturated rings. The third-order valence-corrected chi connectivity index (χ3v) is 4.62. The fraction of sp³-hybridized carbons (Fsp3) is 0.786. The van der Waals surface area contributed by atoms with Crippen molar-refractivity contribution in [3.05, 3.63) is 16.1 Å². The van der Waals surface area contributed by atoms with E-state index in [1.54, 1.807) is 11.3 Å². The first kappa shape index (κ1) is 14.0. The molecule has 2 atom stereocenters. The summed E-state index contributed by atoms with van der Waals surface area (Å²) in [5.41, 5.74) is 1.23. The van der Waals surface area contributed by atoms with Gasteiger partial charge in [0, 0.05) is 30.9 Å². The zero-order valence-electron chi connectivity index (χ0n) is 11.5. The lowest BCUT2D eigenvalue weighted by atomic mass is 9.90. The lowest BCUT2D eigenvalue weighted by molar-refractivity contribution is 0.288. The summed E-state index contributed by atoms with van der Waals surface area (Å²) in [5.74, 6) is 0.930. The highest BCUT2D eigenvalue weighted by Gasteiger charge is 2.19. The first-order valence-corrected chi connectivity index (χ1v) is 8.01. The van der Waals surface area contributed by atoms with E-state index in [4.69, 9.17) is 0 Å². The van der Waals surface area contributed by atoms with E-state index in [1.807, 2.05) is 0 Å². The Bertz CT molecular complexity index is 351. The summed E-state index contributed by atoms with van der Waals surface area (Å²) in [4.78, 5) is 4.48. The average Bonchev–Trinajstić information content (AvgIpc) is 2.81. The quantitative estimate of drug-likeness (QED) is 0.777. The molecule has 4 heteroatoms. The van der Waals surface area contributed by atoms with Crippen molar-refractivity contribution in [3.63, 3.8) is 0 Å². The number of thiazole rings is 1. The topological polar surface area (TPSA) is 37.0 Å². The van der Waals surface area contributed by atoms with E-state index in [0.717, 1.165) is 25.4 Å². The summed E-state index contributed by atoms with van der Waals surface area (Å²) in [6, 6.07) is 0.667. The molecular formula is C14H25N3S. The third-order valence-electron chi connectivity index (χ3n) is 3.80. The normalized spacial score (nSPS) is 24.3.